The average Bonchev–Trinajstić information content (AvgIpc) is 3.16. The van der Waals surface area contributed by atoms with Crippen LogP contribution in [0.5, 0.6) is 0 Å². The van der Waals surface area contributed by atoms with Gasteiger partial charge in [-0.2, -0.15) is 0 Å². The fourth-order valence-corrected chi connectivity index (χ4v) is 5.79. The third-order valence-electron chi connectivity index (χ3n) is 5.71. The van der Waals surface area contributed by atoms with Crippen molar-refractivity contribution in [1.82, 2.24) is 9.88 Å². The second-order valence-corrected chi connectivity index (χ2v) is 10.1. The summed E-state index contributed by atoms with van der Waals surface area (Å²) in [6.07, 6.45) is 0.381. The van der Waals surface area contributed by atoms with E-state index in [1.54, 1.807) is 49.4 Å². The molecular weight excluding hydrogens is 447 g/mol. The fraction of sp³-hybridized carbons (Fsp3) is 0.292. The summed E-state index contributed by atoms with van der Waals surface area (Å²) in [5.74, 6) is -1.54. The molecule has 2 aromatic carbocycles. The number of hydrogen-bond donors (Lipinski definition) is 0. The third kappa shape index (κ3) is 5.03. The van der Waals surface area contributed by atoms with E-state index in [1.807, 2.05) is 0 Å². The molecule has 0 aliphatic carbocycles. The predicted molar refractivity (Wildman–Crippen MR) is 122 cm³/mol. The van der Waals surface area contributed by atoms with Crippen LogP contribution in [0.3, 0.4) is 0 Å². The lowest BCUT2D eigenvalue weighted by Crippen LogP contribution is -2.43. The van der Waals surface area contributed by atoms with Crippen LogP contribution < -0.4 is 0 Å². The number of aromatic nitrogens is 1. The maximum absolute atomic E-state index is 13.3. The molecule has 1 aliphatic heterocycles. The summed E-state index contributed by atoms with van der Waals surface area (Å²) in [4.78, 5) is 31.7. The fourth-order valence-electron chi connectivity index (χ4n) is 4.06. The van der Waals surface area contributed by atoms with Crippen LogP contribution in [0.4, 0.5) is 4.39 Å². The minimum atomic E-state index is -3.15. The molecule has 4 rings (SSSR count). The molecule has 0 bridgehead atoms. The number of fused-ring (bicyclic) bond motifs is 1. The van der Waals surface area contributed by atoms with Crippen LogP contribution in [0.2, 0.25) is 0 Å². The van der Waals surface area contributed by atoms with Gasteiger partial charge < -0.3 is 9.64 Å². The van der Waals surface area contributed by atoms with E-state index in [0.717, 1.165) is 0 Å². The molecule has 172 valence electrons. The van der Waals surface area contributed by atoms with E-state index in [4.69, 9.17) is 4.74 Å². The Morgan fingerprint density at radius 2 is 1.88 bits per heavy atom. The lowest BCUT2D eigenvalue weighted by Gasteiger charge is -2.26. The first kappa shape index (κ1) is 22.8. The molecule has 3 aromatic rings. The number of pyridine rings is 1. The molecule has 0 spiro atoms. The van der Waals surface area contributed by atoms with Crippen LogP contribution >= 0.6 is 0 Å². The van der Waals surface area contributed by atoms with Crippen molar-refractivity contribution < 1.29 is 27.1 Å². The van der Waals surface area contributed by atoms with Gasteiger partial charge in [0.2, 0.25) is 0 Å². The molecule has 2 heterocycles. The Morgan fingerprint density at radius 3 is 2.55 bits per heavy atom. The topological polar surface area (TPSA) is 93.6 Å². The van der Waals surface area contributed by atoms with Crippen LogP contribution in [0.25, 0.3) is 22.2 Å². The highest BCUT2D eigenvalue weighted by molar-refractivity contribution is 7.91. The van der Waals surface area contributed by atoms with Crippen LogP contribution in [0, 0.1) is 5.82 Å². The van der Waals surface area contributed by atoms with Gasteiger partial charge in [0, 0.05) is 23.5 Å². The van der Waals surface area contributed by atoms with Crippen molar-refractivity contribution in [2.75, 3.05) is 24.7 Å². The number of ether oxygens (including phenoxy) is 1. The Hall–Kier alpha value is -3.33. The summed E-state index contributed by atoms with van der Waals surface area (Å²) in [7, 11) is -3.15. The van der Waals surface area contributed by atoms with E-state index in [2.05, 4.69) is 4.98 Å². The quantitative estimate of drug-likeness (QED) is 0.514. The van der Waals surface area contributed by atoms with E-state index >= 15 is 0 Å². The molecule has 0 N–H and O–H groups in total. The highest BCUT2D eigenvalue weighted by atomic mass is 32.2. The number of likely N-dealkylation sites (N-methyl/N-ethyl adjacent to an activating group) is 1. The summed E-state index contributed by atoms with van der Waals surface area (Å²) in [5.41, 5.74) is 1.90. The standard InChI is InChI=1S/C24H23FN2O5S/c1-2-27(18-11-12-33(30,31)15-18)23(28)14-32-24(29)20-13-22(16-7-9-17(25)10-8-16)26-21-6-4-3-5-19(20)21/h3-10,13,18H,2,11-12,14-15H2,1H3/t18-/m0/s1. The van der Waals surface area contributed by atoms with Gasteiger partial charge in [-0.1, -0.05) is 18.2 Å². The van der Waals surface area contributed by atoms with Crippen molar-refractivity contribution in [2.45, 2.75) is 19.4 Å². The first-order valence-electron chi connectivity index (χ1n) is 10.6. The summed E-state index contributed by atoms with van der Waals surface area (Å²) in [5, 5.41) is 0.565. The summed E-state index contributed by atoms with van der Waals surface area (Å²) in [6.45, 7) is 1.59. The van der Waals surface area contributed by atoms with E-state index < -0.39 is 34.4 Å². The molecule has 1 fully saturated rings. The Bertz CT molecular complexity index is 1310. The number of rotatable bonds is 6. The zero-order chi connectivity index (χ0) is 23.6. The second-order valence-electron chi connectivity index (χ2n) is 7.89. The number of hydrogen-bond acceptors (Lipinski definition) is 6. The van der Waals surface area contributed by atoms with Crippen molar-refractivity contribution in [3.8, 4) is 11.3 Å². The molecule has 9 heteroatoms. The first-order valence-corrected chi connectivity index (χ1v) is 12.4. The number of para-hydroxylation sites is 1. The molecule has 33 heavy (non-hydrogen) atoms. The molecule has 0 saturated carbocycles. The minimum absolute atomic E-state index is 0.0520. The van der Waals surface area contributed by atoms with Gasteiger partial charge in [0.1, 0.15) is 5.82 Å². The lowest BCUT2D eigenvalue weighted by atomic mass is 10.0. The number of carbonyl (C=O) groups is 2. The first-order chi connectivity index (χ1) is 15.8. The van der Waals surface area contributed by atoms with Gasteiger partial charge in [-0.15, -0.1) is 0 Å². The van der Waals surface area contributed by atoms with Gasteiger partial charge in [0.15, 0.2) is 16.4 Å². The molecule has 1 saturated heterocycles. The molecule has 1 atom stereocenters. The number of esters is 1. The van der Waals surface area contributed by atoms with Crippen LogP contribution in [0.1, 0.15) is 23.7 Å². The summed E-state index contributed by atoms with van der Waals surface area (Å²) >= 11 is 0. The van der Waals surface area contributed by atoms with E-state index in [1.165, 1.54) is 17.0 Å². The Balaban J connectivity index is 1.56. The zero-order valence-corrected chi connectivity index (χ0v) is 18.8. The van der Waals surface area contributed by atoms with Crippen molar-refractivity contribution >= 4 is 32.6 Å². The maximum Gasteiger partial charge on any atom is 0.339 e. The lowest BCUT2D eigenvalue weighted by molar-refractivity contribution is -0.136. The van der Waals surface area contributed by atoms with Gasteiger partial charge in [-0.25, -0.2) is 22.6 Å². The van der Waals surface area contributed by atoms with Crippen molar-refractivity contribution in [3.05, 3.63) is 66.0 Å². The van der Waals surface area contributed by atoms with Gasteiger partial charge in [-0.05, 0) is 49.7 Å². The summed E-state index contributed by atoms with van der Waals surface area (Å²) < 4.78 is 42.2. The average molecular weight is 471 g/mol. The van der Waals surface area contributed by atoms with Gasteiger partial charge in [0.05, 0.1) is 28.3 Å². The zero-order valence-electron chi connectivity index (χ0n) is 18.0. The molecule has 1 aliphatic rings. The molecule has 1 amide bonds. The Kier molecular flexibility index (Phi) is 6.42. The monoisotopic (exact) mass is 470 g/mol. The van der Waals surface area contributed by atoms with Crippen LogP contribution in [-0.2, 0) is 19.4 Å². The van der Waals surface area contributed by atoms with Crippen molar-refractivity contribution in [3.63, 3.8) is 0 Å². The van der Waals surface area contributed by atoms with Gasteiger partial charge in [0.25, 0.3) is 5.91 Å². The summed E-state index contributed by atoms with van der Waals surface area (Å²) in [6, 6.07) is 14.0. The molecule has 0 radical (unpaired) electrons. The molecule has 0 unspecified atom stereocenters. The molecule has 1 aromatic heterocycles. The largest absolute Gasteiger partial charge is 0.452 e. The number of halogens is 1. The number of sulfone groups is 1. The molecule has 7 nitrogen and oxygen atoms in total. The van der Waals surface area contributed by atoms with Crippen LogP contribution in [0.15, 0.2) is 54.6 Å². The van der Waals surface area contributed by atoms with Gasteiger partial charge in [-0.3, -0.25) is 4.79 Å². The number of carbonyl (C=O) groups excluding carboxylic acids is 2. The SMILES string of the molecule is CCN(C(=O)COC(=O)c1cc(-c2ccc(F)cc2)nc2ccccc12)[C@H]1CCS(=O)(=O)C1. The maximum atomic E-state index is 13.3. The van der Waals surface area contributed by atoms with E-state index in [-0.39, 0.29) is 22.9 Å². The predicted octanol–water partition coefficient (Wildman–Crippen LogP) is 3.23. The molecular formula is C24H23FN2O5S. The highest BCUT2D eigenvalue weighted by Crippen LogP contribution is 2.26. The smallest absolute Gasteiger partial charge is 0.339 e. The Labute approximate surface area is 191 Å². The van der Waals surface area contributed by atoms with Crippen molar-refractivity contribution in [2.24, 2.45) is 0 Å². The highest BCUT2D eigenvalue weighted by Gasteiger charge is 2.34. The van der Waals surface area contributed by atoms with Gasteiger partial charge >= 0.3 is 5.97 Å². The van der Waals surface area contributed by atoms with E-state index in [0.29, 0.717) is 35.1 Å². The van der Waals surface area contributed by atoms with Crippen molar-refractivity contribution in [1.29, 1.82) is 0 Å². The minimum Gasteiger partial charge on any atom is -0.452 e. The number of benzene rings is 2. The van der Waals surface area contributed by atoms with Crippen LogP contribution in [-0.4, -0.2) is 60.9 Å². The Morgan fingerprint density at radius 1 is 1.15 bits per heavy atom. The van der Waals surface area contributed by atoms with E-state index in [9.17, 15) is 22.4 Å². The number of nitrogens with zero attached hydrogens (tertiary/aromatic N) is 2. The number of amides is 1. The third-order valence-corrected chi connectivity index (χ3v) is 7.46. The normalized spacial score (nSPS) is 17.1. The second kappa shape index (κ2) is 9.27.